The number of aromatic nitrogens is 1. The van der Waals surface area contributed by atoms with E-state index in [0.717, 1.165) is 34.2 Å². The van der Waals surface area contributed by atoms with Crippen LogP contribution in [0.1, 0.15) is 75.1 Å². The Labute approximate surface area is 300 Å². The predicted octanol–water partition coefficient (Wildman–Crippen LogP) is 7.16. The van der Waals surface area contributed by atoms with Crippen molar-refractivity contribution in [2.45, 2.75) is 96.8 Å². The first-order chi connectivity index (χ1) is 24.6. The highest BCUT2D eigenvalue weighted by Gasteiger charge is 2.38. The lowest BCUT2D eigenvalue weighted by molar-refractivity contribution is -0.147. The molecule has 1 aliphatic heterocycles. The summed E-state index contributed by atoms with van der Waals surface area (Å²) in [6.45, 7) is 8.23. The molecular weight excluding hydrogens is 650 g/mol. The number of carbonyl (C=O) groups excluding carboxylic acids is 3. The highest BCUT2D eigenvalue weighted by molar-refractivity contribution is 5.74. The van der Waals surface area contributed by atoms with Gasteiger partial charge >= 0.3 is 18.2 Å². The van der Waals surface area contributed by atoms with E-state index in [4.69, 9.17) is 23.7 Å². The van der Waals surface area contributed by atoms with Crippen LogP contribution in [-0.4, -0.2) is 71.6 Å². The van der Waals surface area contributed by atoms with Gasteiger partial charge in [-0.15, -0.1) is 0 Å². The van der Waals surface area contributed by atoms with Crippen molar-refractivity contribution >= 4 is 23.7 Å². The van der Waals surface area contributed by atoms with Crippen LogP contribution in [0.25, 0.3) is 5.57 Å². The van der Waals surface area contributed by atoms with Crippen LogP contribution in [0.15, 0.2) is 79.0 Å². The number of likely N-dealkylation sites (tertiary alicyclic amines) is 1. The van der Waals surface area contributed by atoms with Crippen LogP contribution in [0.5, 0.6) is 5.88 Å². The molecule has 2 aromatic carbocycles. The quantitative estimate of drug-likeness (QED) is 0.155. The van der Waals surface area contributed by atoms with Gasteiger partial charge in [0, 0.05) is 18.3 Å². The number of benzene rings is 2. The summed E-state index contributed by atoms with van der Waals surface area (Å²) in [5.74, 6) is -0.0837. The lowest BCUT2D eigenvalue weighted by atomic mass is 9.90. The summed E-state index contributed by atoms with van der Waals surface area (Å²) in [6, 6.07) is 20.1. The van der Waals surface area contributed by atoms with Crippen molar-refractivity contribution in [3.8, 4) is 5.88 Å². The van der Waals surface area contributed by atoms with Gasteiger partial charge in [0.05, 0.1) is 24.8 Å². The first-order valence-corrected chi connectivity index (χ1v) is 17.6. The Morgan fingerprint density at radius 1 is 0.922 bits per heavy atom. The van der Waals surface area contributed by atoms with Crippen LogP contribution in [0.2, 0.25) is 0 Å². The molecule has 1 fully saturated rings. The van der Waals surface area contributed by atoms with E-state index >= 15 is 0 Å². The number of ether oxygens (including phenoxy) is 5. The van der Waals surface area contributed by atoms with E-state index < -0.39 is 29.8 Å². The first-order valence-electron chi connectivity index (χ1n) is 17.6. The van der Waals surface area contributed by atoms with Crippen molar-refractivity contribution in [2.24, 2.45) is 0 Å². The fourth-order valence-corrected chi connectivity index (χ4v) is 6.28. The number of piperidine rings is 1. The second kappa shape index (κ2) is 17.8. The van der Waals surface area contributed by atoms with Crippen LogP contribution in [0, 0.1) is 6.92 Å². The number of nitrogens with one attached hydrogen (secondary N) is 1. The molecule has 1 N–H and O–H groups in total. The van der Waals surface area contributed by atoms with Crippen LogP contribution in [0.3, 0.4) is 0 Å². The summed E-state index contributed by atoms with van der Waals surface area (Å²) in [6.07, 6.45) is 6.16. The highest BCUT2D eigenvalue weighted by atomic mass is 16.6. The number of amides is 2. The van der Waals surface area contributed by atoms with Crippen molar-refractivity contribution in [1.29, 1.82) is 0 Å². The summed E-state index contributed by atoms with van der Waals surface area (Å²) in [4.78, 5) is 44.8. The number of allylic oxidation sites excluding steroid dienone is 1. The third-order valence-corrected chi connectivity index (χ3v) is 8.80. The third kappa shape index (κ3) is 11.3. The normalized spacial score (nSPS) is 19.0. The summed E-state index contributed by atoms with van der Waals surface area (Å²) in [5.41, 5.74) is 4.07. The van der Waals surface area contributed by atoms with Gasteiger partial charge in [0.15, 0.2) is 6.61 Å². The summed E-state index contributed by atoms with van der Waals surface area (Å²) < 4.78 is 29.0. The monoisotopic (exact) mass is 699 g/mol. The van der Waals surface area contributed by atoms with E-state index in [9.17, 15) is 14.4 Å². The molecule has 272 valence electrons. The Morgan fingerprint density at radius 2 is 1.61 bits per heavy atom. The summed E-state index contributed by atoms with van der Waals surface area (Å²) >= 11 is 0. The number of aryl methyl sites for hydroxylation is 1. The molecule has 0 radical (unpaired) electrons. The molecule has 0 spiro atoms. The Morgan fingerprint density at radius 3 is 2.25 bits per heavy atom. The maximum Gasteiger partial charge on any atom is 0.410 e. The van der Waals surface area contributed by atoms with Crippen molar-refractivity contribution in [3.05, 3.63) is 101 Å². The van der Waals surface area contributed by atoms with Gasteiger partial charge in [-0.05, 0) is 88.1 Å². The van der Waals surface area contributed by atoms with Crippen LogP contribution in [0.4, 0.5) is 9.59 Å². The van der Waals surface area contributed by atoms with Gasteiger partial charge < -0.3 is 33.9 Å². The maximum atomic E-state index is 13.4. The van der Waals surface area contributed by atoms with Crippen LogP contribution < -0.4 is 10.1 Å². The molecule has 0 saturated carbocycles. The van der Waals surface area contributed by atoms with Gasteiger partial charge in [0.2, 0.25) is 5.88 Å². The minimum atomic E-state index is -0.658. The SMILES string of the molecule is Cc1ccnc(OCC(=O)OCc2ccccc2)c1C1=CCC(OC[C@H]2[C@@H](NC(=O)OC(C)(C)C)CCCN2C(=O)OCc2ccccc2)CC1. The van der Waals surface area contributed by atoms with Crippen molar-refractivity contribution < 1.29 is 38.1 Å². The number of rotatable bonds is 12. The number of pyridine rings is 1. The lowest BCUT2D eigenvalue weighted by Gasteiger charge is -2.41. The first kappa shape index (κ1) is 37.4. The van der Waals surface area contributed by atoms with Gasteiger partial charge in [0.25, 0.3) is 0 Å². The molecule has 11 heteroatoms. The van der Waals surface area contributed by atoms with E-state index in [1.165, 1.54) is 0 Å². The topological polar surface area (TPSA) is 126 Å². The maximum absolute atomic E-state index is 13.4. The number of carbonyl (C=O) groups is 3. The number of hydrogen-bond donors (Lipinski definition) is 1. The van der Waals surface area contributed by atoms with Crippen molar-refractivity contribution in [3.63, 3.8) is 0 Å². The molecule has 5 rings (SSSR count). The molecule has 11 nitrogen and oxygen atoms in total. The molecule has 0 bridgehead atoms. The van der Waals surface area contributed by atoms with Gasteiger partial charge in [-0.25, -0.2) is 19.4 Å². The number of esters is 1. The van der Waals surface area contributed by atoms with Gasteiger partial charge in [-0.2, -0.15) is 0 Å². The van der Waals surface area contributed by atoms with E-state index in [2.05, 4.69) is 16.4 Å². The molecule has 2 heterocycles. The lowest BCUT2D eigenvalue weighted by Crippen LogP contribution is -2.59. The fraction of sp³-hybridized carbons (Fsp3) is 0.450. The number of nitrogens with zero attached hydrogens (tertiary/aromatic N) is 2. The summed E-state index contributed by atoms with van der Waals surface area (Å²) in [5, 5.41) is 2.99. The Hall–Kier alpha value is -4.90. The minimum Gasteiger partial charge on any atom is -0.465 e. The molecule has 3 atom stereocenters. The molecule has 1 aromatic heterocycles. The average Bonchev–Trinajstić information content (AvgIpc) is 3.12. The average molecular weight is 700 g/mol. The molecular formula is C40H49N3O8. The van der Waals surface area contributed by atoms with Gasteiger partial charge in [-0.1, -0.05) is 66.7 Å². The minimum absolute atomic E-state index is 0.102. The van der Waals surface area contributed by atoms with Gasteiger partial charge in [0.1, 0.15) is 18.8 Å². The molecule has 2 aliphatic rings. The Bertz CT molecular complexity index is 1640. The molecule has 51 heavy (non-hydrogen) atoms. The summed E-state index contributed by atoms with van der Waals surface area (Å²) in [7, 11) is 0. The zero-order valence-corrected chi connectivity index (χ0v) is 30.0. The molecule has 3 aromatic rings. The predicted molar refractivity (Wildman–Crippen MR) is 192 cm³/mol. The van der Waals surface area contributed by atoms with E-state index in [-0.39, 0.29) is 38.6 Å². The van der Waals surface area contributed by atoms with E-state index in [1.807, 2.05) is 94.4 Å². The highest BCUT2D eigenvalue weighted by Crippen LogP contribution is 2.35. The van der Waals surface area contributed by atoms with E-state index in [1.54, 1.807) is 11.1 Å². The Balaban J connectivity index is 1.21. The molecule has 1 unspecified atom stereocenters. The fourth-order valence-electron chi connectivity index (χ4n) is 6.28. The smallest absolute Gasteiger partial charge is 0.410 e. The van der Waals surface area contributed by atoms with Crippen molar-refractivity contribution in [1.82, 2.24) is 15.2 Å². The van der Waals surface area contributed by atoms with Crippen LogP contribution >= 0.6 is 0 Å². The molecule has 2 amide bonds. The molecule has 1 saturated heterocycles. The number of alkyl carbamates (subject to hydrolysis) is 1. The van der Waals surface area contributed by atoms with Crippen molar-refractivity contribution in [2.75, 3.05) is 19.8 Å². The van der Waals surface area contributed by atoms with E-state index in [0.29, 0.717) is 38.1 Å². The third-order valence-electron chi connectivity index (χ3n) is 8.80. The standard InChI is InChI=1S/C40H49N3O8/c1-28-21-22-41-37(49-27-35(44)48-24-29-12-7-5-8-13-29)36(28)31-17-19-32(20-18-31)47-26-34-33(42-38(45)51-40(2,3)4)16-11-23-43(34)39(46)50-25-30-14-9-6-10-15-30/h5-10,12-15,17,21-22,32-34H,11,16,18-20,23-27H2,1-4H3,(H,42,45)/t32?,33-,34-/m0/s1. The second-order valence-corrected chi connectivity index (χ2v) is 13.9. The van der Waals surface area contributed by atoms with Gasteiger partial charge in [-0.3, -0.25) is 0 Å². The molecule has 1 aliphatic carbocycles. The zero-order valence-electron chi connectivity index (χ0n) is 30.0. The number of hydrogen-bond acceptors (Lipinski definition) is 9. The second-order valence-electron chi connectivity index (χ2n) is 13.9. The van der Waals surface area contributed by atoms with Crippen LogP contribution in [-0.2, 0) is 37.0 Å². The largest absolute Gasteiger partial charge is 0.465 e. The zero-order chi connectivity index (χ0) is 36.2. The Kier molecular flexibility index (Phi) is 13.1.